The first-order valence-corrected chi connectivity index (χ1v) is 16.4. The lowest BCUT2D eigenvalue weighted by Gasteiger charge is -2.34. The third-order valence-corrected chi connectivity index (χ3v) is 9.14. The van der Waals surface area contributed by atoms with Crippen molar-refractivity contribution in [1.82, 2.24) is 5.32 Å². The highest BCUT2D eigenvalue weighted by molar-refractivity contribution is 7.86. The zero-order chi connectivity index (χ0) is 30.0. The summed E-state index contributed by atoms with van der Waals surface area (Å²) in [5.74, 6) is 1.77. The van der Waals surface area contributed by atoms with Crippen LogP contribution in [0.1, 0.15) is 88.8 Å². The molecule has 2 aromatic rings. The molecule has 41 heavy (non-hydrogen) atoms. The average molecular weight is 588 g/mol. The van der Waals surface area contributed by atoms with E-state index in [0.717, 1.165) is 55.2 Å². The molecule has 0 heterocycles. The molecular weight excluding hydrogens is 538 g/mol. The predicted molar refractivity (Wildman–Crippen MR) is 164 cm³/mol. The number of aryl methyl sites for hydroxylation is 2. The van der Waals surface area contributed by atoms with Gasteiger partial charge in [-0.2, -0.15) is 8.42 Å². The van der Waals surface area contributed by atoms with E-state index >= 15 is 0 Å². The molecule has 0 fully saturated rings. The van der Waals surface area contributed by atoms with Gasteiger partial charge in [0.25, 0.3) is 16.5 Å². The molecule has 0 bridgehead atoms. The number of rotatable bonds is 16. The van der Waals surface area contributed by atoms with Crippen molar-refractivity contribution in [1.29, 1.82) is 0 Å². The van der Waals surface area contributed by atoms with Crippen LogP contribution in [0.4, 0.5) is 0 Å². The molecule has 3 rings (SSSR count). The molecule has 0 amide bonds. The van der Waals surface area contributed by atoms with Crippen LogP contribution in [0.3, 0.4) is 0 Å². The maximum atomic E-state index is 12.5. The molecule has 1 unspecified atom stereocenters. The highest BCUT2D eigenvalue weighted by Gasteiger charge is 2.32. The predicted octanol–water partition coefficient (Wildman–Crippen LogP) is 7.22. The lowest BCUT2D eigenvalue weighted by atomic mass is 9.71. The molecule has 2 aromatic carbocycles. The van der Waals surface area contributed by atoms with Gasteiger partial charge < -0.3 is 14.6 Å². The number of allylic oxidation sites excluding steroid dienone is 2. The molecule has 0 saturated heterocycles. The zero-order valence-corrected chi connectivity index (χ0v) is 26.4. The Morgan fingerprint density at radius 2 is 1.78 bits per heavy atom. The highest BCUT2D eigenvalue weighted by atomic mass is 32.2. The molecule has 3 atom stereocenters. The second-order valence-electron chi connectivity index (χ2n) is 11.5. The minimum Gasteiger partial charge on any atom is -0.507 e. The molecule has 8 heteroatoms. The molecule has 228 valence electrons. The molecule has 1 aliphatic rings. The first-order chi connectivity index (χ1) is 19.6. The number of ether oxygens (including phenoxy) is 2. The van der Waals surface area contributed by atoms with Gasteiger partial charge in [0.1, 0.15) is 11.5 Å². The molecule has 0 aromatic heterocycles. The minimum atomic E-state index is -3.82. The van der Waals surface area contributed by atoms with Crippen molar-refractivity contribution < 1.29 is 27.2 Å². The largest absolute Gasteiger partial charge is 0.507 e. The van der Waals surface area contributed by atoms with E-state index in [9.17, 15) is 13.5 Å². The summed E-state index contributed by atoms with van der Waals surface area (Å²) in [5.41, 5.74) is 4.15. The Morgan fingerprint density at radius 3 is 2.44 bits per heavy atom. The Kier molecular flexibility index (Phi) is 12.7. The molecule has 1 aliphatic carbocycles. The van der Waals surface area contributed by atoms with Crippen molar-refractivity contribution in [2.75, 3.05) is 20.3 Å². The van der Waals surface area contributed by atoms with Crippen LogP contribution >= 0.6 is 0 Å². The maximum absolute atomic E-state index is 12.5. The molecule has 0 saturated carbocycles. The summed E-state index contributed by atoms with van der Waals surface area (Å²) in [7, 11) is -2.08. The van der Waals surface area contributed by atoms with Gasteiger partial charge in [0.15, 0.2) is 0 Å². The SMILES string of the molecule is CCCCCc1cc(O)c([C@@H]2C=C(C)CC[C@H]2C(C)C)c(OC(NC)OCCCOS(=O)(=O)c2ccc(C)cc2)c1. The van der Waals surface area contributed by atoms with Crippen LogP contribution in [0, 0.1) is 18.8 Å². The summed E-state index contributed by atoms with van der Waals surface area (Å²) < 4.78 is 42.4. The monoisotopic (exact) mass is 587 g/mol. The van der Waals surface area contributed by atoms with Crippen LogP contribution in [0.25, 0.3) is 0 Å². The van der Waals surface area contributed by atoms with Crippen LogP contribution in [0.15, 0.2) is 52.9 Å². The van der Waals surface area contributed by atoms with E-state index in [-0.39, 0.29) is 29.8 Å². The van der Waals surface area contributed by atoms with Gasteiger partial charge in [0, 0.05) is 11.5 Å². The van der Waals surface area contributed by atoms with E-state index in [2.05, 4.69) is 39.1 Å². The van der Waals surface area contributed by atoms with E-state index in [1.807, 2.05) is 19.1 Å². The van der Waals surface area contributed by atoms with Crippen LogP contribution in [-0.2, 0) is 25.5 Å². The second kappa shape index (κ2) is 15.7. The second-order valence-corrected chi connectivity index (χ2v) is 13.1. The topological polar surface area (TPSA) is 94.1 Å². The number of phenolic OH excluding ortho intramolecular Hbond substituents is 1. The number of hydrogen-bond donors (Lipinski definition) is 2. The van der Waals surface area contributed by atoms with Crippen molar-refractivity contribution >= 4 is 10.1 Å². The Morgan fingerprint density at radius 1 is 1.05 bits per heavy atom. The van der Waals surface area contributed by atoms with Gasteiger partial charge in [-0.3, -0.25) is 9.50 Å². The first-order valence-electron chi connectivity index (χ1n) is 15.0. The number of nitrogens with one attached hydrogen (secondary N) is 1. The third-order valence-electron chi connectivity index (χ3n) is 7.81. The maximum Gasteiger partial charge on any atom is 0.296 e. The normalized spacial score (nSPS) is 18.4. The van der Waals surface area contributed by atoms with E-state index < -0.39 is 16.5 Å². The Bertz CT molecular complexity index is 1240. The summed E-state index contributed by atoms with van der Waals surface area (Å²) in [6, 6.07) is 10.5. The summed E-state index contributed by atoms with van der Waals surface area (Å²) in [6.45, 7) is 10.9. The number of hydrogen-bond acceptors (Lipinski definition) is 7. The van der Waals surface area contributed by atoms with E-state index in [1.54, 1.807) is 31.3 Å². The van der Waals surface area contributed by atoms with Crippen molar-refractivity contribution in [2.45, 2.75) is 96.8 Å². The van der Waals surface area contributed by atoms with Gasteiger partial charge in [-0.1, -0.05) is 63.0 Å². The number of unbranched alkanes of at least 4 members (excludes halogenated alkanes) is 2. The summed E-state index contributed by atoms with van der Waals surface area (Å²) in [4.78, 5) is 0.137. The molecule has 0 radical (unpaired) electrons. The quantitative estimate of drug-likeness (QED) is 0.0926. The van der Waals surface area contributed by atoms with Crippen LogP contribution in [-0.4, -0.2) is 40.2 Å². The van der Waals surface area contributed by atoms with E-state index in [1.165, 1.54) is 5.57 Å². The van der Waals surface area contributed by atoms with Crippen LogP contribution in [0.2, 0.25) is 0 Å². The lowest BCUT2D eigenvalue weighted by molar-refractivity contribution is -0.0995. The fraction of sp³-hybridized carbons (Fsp3) is 0.576. The van der Waals surface area contributed by atoms with Crippen LogP contribution in [0.5, 0.6) is 11.5 Å². The van der Waals surface area contributed by atoms with E-state index in [4.69, 9.17) is 13.7 Å². The van der Waals surface area contributed by atoms with Gasteiger partial charge in [-0.05, 0) is 94.7 Å². The molecule has 7 nitrogen and oxygen atoms in total. The lowest BCUT2D eigenvalue weighted by Crippen LogP contribution is -2.35. The average Bonchev–Trinajstić information content (AvgIpc) is 2.92. The Balaban J connectivity index is 1.72. The number of benzene rings is 2. The van der Waals surface area contributed by atoms with E-state index in [0.29, 0.717) is 24.0 Å². The van der Waals surface area contributed by atoms with Crippen LogP contribution < -0.4 is 10.1 Å². The van der Waals surface area contributed by atoms with Crippen molar-refractivity contribution in [3.8, 4) is 11.5 Å². The standard InChI is InChI=1S/C33H49NO6S/c1-7-8-9-11-26-21-30(35)32(29-20-25(5)14-17-28(29)23(2)3)31(22-26)40-33(34-6)38-18-10-19-39-41(36,37)27-15-12-24(4)13-16-27/h12-13,15-16,20-23,28-29,33-35H,7-11,14,17-19H2,1-6H3/t28-,29+,33?/m0/s1. The summed E-state index contributed by atoms with van der Waals surface area (Å²) in [5, 5.41) is 14.4. The zero-order valence-electron chi connectivity index (χ0n) is 25.6. The van der Waals surface area contributed by atoms with Crippen molar-refractivity contribution in [2.24, 2.45) is 11.8 Å². The van der Waals surface area contributed by atoms with Crippen molar-refractivity contribution in [3.05, 3.63) is 64.7 Å². The van der Waals surface area contributed by atoms with Gasteiger partial charge in [-0.15, -0.1) is 0 Å². The molecule has 0 aliphatic heterocycles. The van der Waals surface area contributed by atoms with Gasteiger partial charge >= 0.3 is 0 Å². The minimum absolute atomic E-state index is 0.00614. The van der Waals surface area contributed by atoms with Gasteiger partial charge in [-0.25, -0.2) is 0 Å². The summed E-state index contributed by atoms with van der Waals surface area (Å²) >= 11 is 0. The van der Waals surface area contributed by atoms with Crippen molar-refractivity contribution in [3.63, 3.8) is 0 Å². The van der Waals surface area contributed by atoms with Gasteiger partial charge in [0.05, 0.1) is 18.1 Å². The molecular formula is C33H49NO6S. The van der Waals surface area contributed by atoms with Gasteiger partial charge in [0.2, 0.25) is 0 Å². The summed E-state index contributed by atoms with van der Waals surface area (Å²) in [6.07, 6.45) is 8.17. The number of phenols is 1. The molecule has 2 N–H and O–H groups in total. The fourth-order valence-corrected chi connectivity index (χ4v) is 6.38. The smallest absolute Gasteiger partial charge is 0.296 e. The fourth-order valence-electron chi connectivity index (χ4n) is 5.44. The molecule has 0 spiro atoms. The Hall–Kier alpha value is -2.39. The Labute approximate surface area is 247 Å². The highest BCUT2D eigenvalue weighted by Crippen LogP contribution is 2.47. The first kappa shape index (κ1) is 33.1. The third kappa shape index (κ3) is 9.57. The number of aromatic hydroxyl groups is 1.